The maximum absolute atomic E-state index is 10.2. The van der Waals surface area contributed by atoms with Gasteiger partial charge in [0.2, 0.25) is 0 Å². The van der Waals surface area contributed by atoms with Gasteiger partial charge in [0.1, 0.15) is 12.4 Å². The highest BCUT2D eigenvalue weighted by molar-refractivity contribution is 5.66. The highest BCUT2D eigenvalue weighted by atomic mass is 16.5. The number of aromatic amines is 1. The van der Waals surface area contributed by atoms with Crippen molar-refractivity contribution in [1.82, 2.24) is 9.97 Å². The van der Waals surface area contributed by atoms with Gasteiger partial charge < -0.3 is 9.72 Å². The number of hydrogen-bond acceptors (Lipinski definition) is 3. The van der Waals surface area contributed by atoms with E-state index in [0.717, 1.165) is 17.5 Å². The van der Waals surface area contributed by atoms with Crippen LogP contribution in [0.5, 0.6) is 5.75 Å². The molecule has 0 fully saturated rings. The molecule has 0 aliphatic heterocycles. The summed E-state index contributed by atoms with van der Waals surface area (Å²) in [5, 5.41) is 0. The van der Waals surface area contributed by atoms with Gasteiger partial charge in [-0.25, -0.2) is 4.98 Å². The predicted octanol–water partition coefficient (Wildman–Crippen LogP) is 1.65. The fourth-order valence-corrected chi connectivity index (χ4v) is 1.34. The summed E-state index contributed by atoms with van der Waals surface area (Å²) in [6.07, 6.45) is 4.04. The summed E-state index contributed by atoms with van der Waals surface area (Å²) in [6.45, 7) is 0.0607. The second kappa shape index (κ2) is 4.41. The van der Waals surface area contributed by atoms with Crippen molar-refractivity contribution in [1.29, 1.82) is 0 Å². The molecular formula is C11H10N2O2. The molecule has 76 valence electrons. The molecule has 0 bridgehead atoms. The third-order valence-electron chi connectivity index (χ3n) is 1.98. The summed E-state index contributed by atoms with van der Waals surface area (Å²) in [5.74, 6) is 0.675. The van der Waals surface area contributed by atoms with Crippen LogP contribution in [0.3, 0.4) is 0 Å². The Labute approximate surface area is 86.9 Å². The van der Waals surface area contributed by atoms with Crippen LogP contribution in [0.2, 0.25) is 0 Å². The average molecular weight is 202 g/mol. The Morgan fingerprint density at radius 3 is 3.00 bits per heavy atom. The lowest BCUT2D eigenvalue weighted by Crippen LogP contribution is -1.99. The van der Waals surface area contributed by atoms with Crippen molar-refractivity contribution in [3.05, 3.63) is 36.8 Å². The fourth-order valence-electron chi connectivity index (χ4n) is 1.34. The molecule has 1 heterocycles. The lowest BCUT2D eigenvalue weighted by molar-refractivity contribution is -0.109. The van der Waals surface area contributed by atoms with E-state index >= 15 is 0 Å². The van der Waals surface area contributed by atoms with Crippen LogP contribution in [0, 0.1) is 0 Å². The summed E-state index contributed by atoms with van der Waals surface area (Å²) in [7, 11) is 0. The first-order valence-electron chi connectivity index (χ1n) is 4.56. The molecule has 0 aliphatic carbocycles. The van der Waals surface area contributed by atoms with E-state index in [4.69, 9.17) is 4.74 Å². The molecule has 1 aromatic heterocycles. The van der Waals surface area contributed by atoms with Gasteiger partial charge in [0, 0.05) is 5.56 Å². The number of ether oxygens (including phenoxy) is 1. The molecule has 2 aromatic rings. The number of carbonyl (C=O) groups excluding carboxylic acids is 1. The van der Waals surface area contributed by atoms with Gasteiger partial charge in [0.25, 0.3) is 0 Å². The number of para-hydroxylation sites is 1. The quantitative estimate of drug-likeness (QED) is 0.767. The summed E-state index contributed by atoms with van der Waals surface area (Å²) in [5.41, 5.74) is 1.77. The Morgan fingerprint density at radius 2 is 2.27 bits per heavy atom. The van der Waals surface area contributed by atoms with E-state index in [-0.39, 0.29) is 6.61 Å². The first kappa shape index (κ1) is 9.45. The van der Waals surface area contributed by atoms with Crippen molar-refractivity contribution < 1.29 is 9.53 Å². The number of carbonyl (C=O) groups is 1. The maximum Gasteiger partial charge on any atom is 0.157 e. The first-order valence-corrected chi connectivity index (χ1v) is 4.56. The number of nitrogens with one attached hydrogen (secondary N) is 1. The average Bonchev–Trinajstić information content (AvgIpc) is 2.80. The van der Waals surface area contributed by atoms with Crippen LogP contribution >= 0.6 is 0 Å². The van der Waals surface area contributed by atoms with Crippen molar-refractivity contribution in [2.75, 3.05) is 6.61 Å². The molecule has 2 rings (SSSR count). The van der Waals surface area contributed by atoms with Gasteiger partial charge in [-0.1, -0.05) is 12.1 Å². The van der Waals surface area contributed by atoms with Crippen LogP contribution in [-0.4, -0.2) is 22.9 Å². The molecule has 0 amide bonds. The van der Waals surface area contributed by atoms with E-state index in [0.29, 0.717) is 5.75 Å². The lowest BCUT2D eigenvalue weighted by Gasteiger charge is -2.07. The summed E-state index contributed by atoms with van der Waals surface area (Å²) >= 11 is 0. The number of aromatic nitrogens is 2. The van der Waals surface area contributed by atoms with Gasteiger partial charge in [-0.05, 0) is 12.1 Å². The summed E-state index contributed by atoms with van der Waals surface area (Å²) < 4.78 is 5.29. The molecule has 0 aliphatic rings. The zero-order valence-corrected chi connectivity index (χ0v) is 8.01. The molecule has 0 spiro atoms. The van der Waals surface area contributed by atoms with Crippen LogP contribution in [0.15, 0.2) is 36.8 Å². The van der Waals surface area contributed by atoms with Crippen molar-refractivity contribution in [3.63, 3.8) is 0 Å². The Bertz CT molecular complexity index is 438. The zero-order chi connectivity index (χ0) is 10.5. The molecule has 4 heteroatoms. The lowest BCUT2D eigenvalue weighted by atomic mass is 10.1. The van der Waals surface area contributed by atoms with E-state index in [9.17, 15) is 4.79 Å². The number of aldehydes is 1. The van der Waals surface area contributed by atoms with Gasteiger partial charge in [0.15, 0.2) is 6.29 Å². The smallest absolute Gasteiger partial charge is 0.157 e. The normalized spacial score (nSPS) is 9.87. The second-order valence-electron chi connectivity index (χ2n) is 2.94. The third-order valence-corrected chi connectivity index (χ3v) is 1.98. The van der Waals surface area contributed by atoms with Gasteiger partial charge >= 0.3 is 0 Å². The Kier molecular flexibility index (Phi) is 2.78. The highest BCUT2D eigenvalue weighted by Crippen LogP contribution is 2.27. The second-order valence-corrected chi connectivity index (χ2v) is 2.94. The topological polar surface area (TPSA) is 55.0 Å². The Balaban J connectivity index is 2.34. The zero-order valence-electron chi connectivity index (χ0n) is 8.01. The largest absolute Gasteiger partial charge is 0.485 e. The molecule has 0 saturated carbocycles. The van der Waals surface area contributed by atoms with E-state index in [2.05, 4.69) is 9.97 Å². The minimum atomic E-state index is 0.0607. The molecule has 4 nitrogen and oxygen atoms in total. The molecule has 0 unspecified atom stereocenters. The Morgan fingerprint density at radius 1 is 1.40 bits per heavy atom. The van der Waals surface area contributed by atoms with Crippen LogP contribution in [0.4, 0.5) is 0 Å². The molecule has 15 heavy (non-hydrogen) atoms. The number of nitrogens with zero attached hydrogens (tertiary/aromatic N) is 1. The molecular weight excluding hydrogens is 192 g/mol. The molecule has 1 aromatic carbocycles. The van der Waals surface area contributed by atoms with Crippen molar-refractivity contribution in [2.24, 2.45) is 0 Å². The van der Waals surface area contributed by atoms with Crippen LogP contribution in [0.1, 0.15) is 0 Å². The van der Waals surface area contributed by atoms with Gasteiger partial charge in [-0.3, -0.25) is 4.79 Å². The van der Waals surface area contributed by atoms with Gasteiger partial charge in [-0.2, -0.15) is 0 Å². The van der Waals surface area contributed by atoms with Gasteiger partial charge in [-0.15, -0.1) is 0 Å². The van der Waals surface area contributed by atoms with Crippen molar-refractivity contribution in [2.45, 2.75) is 0 Å². The number of H-pyrrole nitrogens is 1. The van der Waals surface area contributed by atoms with Crippen LogP contribution < -0.4 is 4.74 Å². The molecule has 0 atom stereocenters. The predicted molar refractivity (Wildman–Crippen MR) is 55.6 cm³/mol. The number of imidazole rings is 1. The summed E-state index contributed by atoms with van der Waals surface area (Å²) in [4.78, 5) is 17.2. The Hall–Kier alpha value is -2.10. The maximum atomic E-state index is 10.2. The summed E-state index contributed by atoms with van der Waals surface area (Å²) in [6, 6.07) is 7.50. The van der Waals surface area contributed by atoms with E-state index in [1.165, 1.54) is 0 Å². The minimum absolute atomic E-state index is 0.0607. The molecule has 0 saturated heterocycles. The van der Waals surface area contributed by atoms with E-state index in [1.807, 2.05) is 24.3 Å². The minimum Gasteiger partial charge on any atom is -0.485 e. The number of hydrogen-bond donors (Lipinski definition) is 1. The molecule has 1 N–H and O–H groups in total. The third kappa shape index (κ3) is 2.04. The van der Waals surface area contributed by atoms with Crippen molar-refractivity contribution in [3.8, 4) is 17.0 Å². The monoisotopic (exact) mass is 202 g/mol. The van der Waals surface area contributed by atoms with Gasteiger partial charge in [0.05, 0.1) is 18.2 Å². The fraction of sp³-hybridized carbons (Fsp3) is 0.0909. The SMILES string of the molecule is O=CCOc1ccccc1-c1cnc[nH]1. The van der Waals surface area contributed by atoms with Crippen LogP contribution in [-0.2, 0) is 4.79 Å². The number of rotatable bonds is 4. The highest BCUT2D eigenvalue weighted by Gasteiger charge is 2.05. The van der Waals surface area contributed by atoms with E-state index < -0.39 is 0 Å². The van der Waals surface area contributed by atoms with Crippen molar-refractivity contribution >= 4 is 6.29 Å². The molecule has 0 radical (unpaired) electrons. The standard InChI is InChI=1S/C11H10N2O2/c14-5-6-15-11-4-2-1-3-9(11)10-7-12-8-13-10/h1-5,7-8H,6H2,(H,12,13). The number of benzene rings is 1. The van der Waals surface area contributed by atoms with E-state index in [1.54, 1.807) is 12.5 Å². The first-order chi connectivity index (χ1) is 7.42. The van der Waals surface area contributed by atoms with Crippen LogP contribution in [0.25, 0.3) is 11.3 Å².